The van der Waals surface area contributed by atoms with E-state index in [0.29, 0.717) is 24.4 Å². The van der Waals surface area contributed by atoms with Gasteiger partial charge in [0.15, 0.2) is 0 Å². The van der Waals surface area contributed by atoms with Gasteiger partial charge in [-0.2, -0.15) is 0 Å². The summed E-state index contributed by atoms with van der Waals surface area (Å²) in [7, 11) is -1.74. The Bertz CT molecular complexity index is 644. The molecular formula is C14H18N2O3S. The number of hydrogen-bond donors (Lipinski definition) is 1. The lowest BCUT2D eigenvalue weighted by Crippen LogP contribution is -2.38. The highest BCUT2D eigenvalue weighted by atomic mass is 32.2. The van der Waals surface area contributed by atoms with E-state index in [-0.39, 0.29) is 12.3 Å². The first-order valence-electron chi connectivity index (χ1n) is 6.46. The summed E-state index contributed by atoms with van der Waals surface area (Å²) >= 11 is 0. The molecule has 0 amide bonds. The van der Waals surface area contributed by atoms with E-state index in [4.69, 9.17) is 10.5 Å². The third-order valence-electron chi connectivity index (χ3n) is 3.13. The Morgan fingerprint density at radius 1 is 1.40 bits per heavy atom. The molecule has 0 radical (unpaired) electrons. The Hall–Kier alpha value is -1.71. The average Bonchev–Trinajstić information content (AvgIpc) is 2.44. The van der Waals surface area contributed by atoms with E-state index in [2.05, 4.69) is 11.8 Å². The van der Waals surface area contributed by atoms with Crippen LogP contribution < -0.4 is 14.8 Å². The van der Waals surface area contributed by atoms with E-state index >= 15 is 0 Å². The molecule has 1 saturated heterocycles. The van der Waals surface area contributed by atoms with Crippen LogP contribution in [0.2, 0.25) is 0 Å². The second-order valence-corrected chi connectivity index (χ2v) is 6.50. The number of rotatable bonds is 2. The van der Waals surface area contributed by atoms with E-state index in [1.165, 1.54) is 11.4 Å². The van der Waals surface area contributed by atoms with Crippen LogP contribution in [0.5, 0.6) is 5.75 Å². The van der Waals surface area contributed by atoms with E-state index in [1.807, 2.05) is 0 Å². The van der Waals surface area contributed by atoms with E-state index in [1.54, 1.807) is 18.2 Å². The van der Waals surface area contributed by atoms with Crippen LogP contribution in [-0.2, 0) is 10.0 Å². The molecule has 1 fully saturated rings. The van der Waals surface area contributed by atoms with Crippen LogP contribution in [0.1, 0.15) is 18.4 Å². The second-order valence-electron chi connectivity index (χ2n) is 4.49. The second kappa shape index (κ2) is 6.16. The molecule has 0 aromatic heterocycles. The third-order valence-corrected chi connectivity index (χ3v) is 4.99. The Morgan fingerprint density at radius 3 is 2.85 bits per heavy atom. The highest BCUT2D eigenvalue weighted by Gasteiger charge is 2.28. The van der Waals surface area contributed by atoms with Crippen molar-refractivity contribution in [2.45, 2.75) is 12.8 Å². The molecule has 0 saturated carbocycles. The summed E-state index contributed by atoms with van der Waals surface area (Å²) in [5.74, 6) is 6.38. The molecule has 0 atom stereocenters. The van der Waals surface area contributed by atoms with Gasteiger partial charge in [0.05, 0.1) is 25.1 Å². The maximum absolute atomic E-state index is 12.2. The first-order valence-corrected chi connectivity index (χ1v) is 8.07. The van der Waals surface area contributed by atoms with Gasteiger partial charge in [-0.3, -0.25) is 4.31 Å². The number of methoxy groups -OCH3 is 1. The fourth-order valence-corrected chi connectivity index (χ4v) is 3.81. The van der Waals surface area contributed by atoms with Crippen molar-refractivity contribution < 1.29 is 13.2 Å². The normalized spacial score (nSPS) is 17.2. The maximum atomic E-state index is 12.2. The SMILES string of the molecule is COc1ccc(C#CCN)cc1N1CCCCS1(=O)=O. The van der Waals surface area contributed by atoms with Gasteiger partial charge in [-0.25, -0.2) is 8.42 Å². The van der Waals surface area contributed by atoms with Crippen LogP contribution in [0.4, 0.5) is 5.69 Å². The van der Waals surface area contributed by atoms with Crippen LogP contribution in [0.15, 0.2) is 18.2 Å². The van der Waals surface area contributed by atoms with Gasteiger partial charge in [0.2, 0.25) is 10.0 Å². The molecule has 6 heteroatoms. The molecular weight excluding hydrogens is 276 g/mol. The minimum absolute atomic E-state index is 0.175. The predicted molar refractivity (Wildman–Crippen MR) is 79.3 cm³/mol. The van der Waals surface area contributed by atoms with Gasteiger partial charge in [-0.1, -0.05) is 11.8 Å². The zero-order valence-electron chi connectivity index (χ0n) is 11.4. The number of nitrogens with two attached hydrogens (primary N) is 1. The highest BCUT2D eigenvalue weighted by Crippen LogP contribution is 2.33. The monoisotopic (exact) mass is 294 g/mol. The minimum Gasteiger partial charge on any atom is -0.495 e. The molecule has 108 valence electrons. The summed E-state index contributed by atoms with van der Waals surface area (Å²) < 4.78 is 31.1. The van der Waals surface area contributed by atoms with Crippen molar-refractivity contribution in [1.29, 1.82) is 0 Å². The van der Waals surface area contributed by atoms with E-state index < -0.39 is 10.0 Å². The summed E-state index contributed by atoms with van der Waals surface area (Å²) in [6, 6.07) is 5.27. The molecule has 2 N–H and O–H groups in total. The average molecular weight is 294 g/mol. The molecule has 1 aliphatic heterocycles. The molecule has 0 unspecified atom stereocenters. The van der Waals surface area contributed by atoms with Crippen LogP contribution >= 0.6 is 0 Å². The smallest absolute Gasteiger partial charge is 0.235 e. The lowest BCUT2D eigenvalue weighted by atomic mass is 10.2. The standard InChI is InChI=1S/C14H18N2O3S/c1-19-14-7-6-12(5-4-8-15)11-13(14)16-9-2-3-10-20(16,17)18/h6-7,11H,2-3,8-10,15H2,1H3. The summed E-state index contributed by atoms with van der Waals surface area (Å²) in [5.41, 5.74) is 6.63. The number of benzene rings is 1. The lowest BCUT2D eigenvalue weighted by molar-refractivity contribution is 0.415. The van der Waals surface area contributed by atoms with Gasteiger partial charge in [0.1, 0.15) is 5.75 Å². The molecule has 1 aromatic rings. The van der Waals surface area contributed by atoms with Gasteiger partial charge < -0.3 is 10.5 Å². The highest BCUT2D eigenvalue weighted by molar-refractivity contribution is 7.92. The minimum atomic E-state index is -3.27. The van der Waals surface area contributed by atoms with Crippen molar-refractivity contribution in [2.75, 3.05) is 30.3 Å². The fourth-order valence-electron chi connectivity index (χ4n) is 2.18. The first kappa shape index (κ1) is 14.7. The number of sulfonamides is 1. The van der Waals surface area contributed by atoms with Crippen molar-refractivity contribution in [1.82, 2.24) is 0 Å². The van der Waals surface area contributed by atoms with E-state index in [0.717, 1.165) is 12.0 Å². The lowest BCUT2D eigenvalue weighted by Gasteiger charge is -2.29. The van der Waals surface area contributed by atoms with Crippen molar-refractivity contribution in [3.8, 4) is 17.6 Å². The van der Waals surface area contributed by atoms with Crippen LogP contribution in [0, 0.1) is 11.8 Å². The van der Waals surface area contributed by atoms with Crippen molar-refractivity contribution >= 4 is 15.7 Å². The van der Waals surface area contributed by atoms with Gasteiger partial charge >= 0.3 is 0 Å². The Balaban J connectivity index is 2.47. The van der Waals surface area contributed by atoms with Crippen LogP contribution in [-0.4, -0.2) is 34.4 Å². The Kier molecular flexibility index (Phi) is 4.53. The summed E-state index contributed by atoms with van der Waals surface area (Å²) in [4.78, 5) is 0. The largest absolute Gasteiger partial charge is 0.495 e. The van der Waals surface area contributed by atoms with Crippen molar-refractivity contribution in [2.24, 2.45) is 5.73 Å². The zero-order chi connectivity index (χ0) is 14.6. The zero-order valence-corrected chi connectivity index (χ0v) is 12.2. The first-order chi connectivity index (χ1) is 9.58. The topological polar surface area (TPSA) is 72.6 Å². The quantitative estimate of drug-likeness (QED) is 0.824. The molecule has 1 heterocycles. The number of anilines is 1. The molecule has 0 aliphatic carbocycles. The molecule has 2 rings (SSSR count). The van der Waals surface area contributed by atoms with Gasteiger partial charge in [-0.15, -0.1) is 0 Å². The van der Waals surface area contributed by atoms with Crippen molar-refractivity contribution in [3.63, 3.8) is 0 Å². The number of nitrogens with zero attached hydrogens (tertiary/aromatic N) is 1. The van der Waals surface area contributed by atoms with Crippen molar-refractivity contribution in [3.05, 3.63) is 23.8 Å². The molecule has 20 heavy (non-hydrogen) atoms. The molecule has 0 spiro atoms. The van der Waals surface area contributed by atoms with Gasteiger partial charge in [0, 0.05) is 12.1 Å². The number of hydrogen-bond acceptors (Lipinski definition) is 4. The Morgan fingerprint density at radius 2 is 2.20 bits per heavy atom. The Labute approximate surface area is 119 Å². The molecule has 0 bridgehead atoms. The summed E-state index contributed by atoms with van der Waals surface area (Å²) in [6.07, 6.45) is 1.55. The molecule has 5 nitrogen and oxygen atoms in total. The maximum Gasteiger partial charge on any atom is 0.235 e. The third kappa shape index (κ3) is 3.06. The van der Waals surface area contributed by atoms with Gasteiger partial charge in [-0.05, 0) is 31.0 Å². The summed E-state index contributed by atoms with van der Waals surface area (Å²) in [5, 5.41) is 0. The molecule has 1 aromatic carbocycles. The predicted octanol–water partition coefficient (Wildman–Crippen LogP) is 0.935. The molecule has 1 aliphatic rings. The fraction of sp³-hybridized carbons (Fsp3) is 0.429. The van der Waals surface area contributed by atoms with Crippen LogP contribution in [0.3, 0.4) is 0 Å². The van der Waals surface area contributed by atoms with Crippen LogP contribution in [0.25, 0.3) is 0 Å². The number of ether oxygens (including phenoxy) is 1. The van der Waals surface area contributed by atoms with Gasteiger partial charge in [0.25, 0.3) is 0 Å². The summed E-state index contributed by atoms with van der Waals surface area (Å²) in [6.45, 7) is 0.746. The van der Waals surface area contributed by atoms with E-state index in [9.17, 15) is 8.42 Å².